The monoisotopic (exact) mass is 416 g/mol. The number of nitrogens with two attached hydrogens (primary N) is 1. The van der Waals surface area contributed by atoms with E-state index in [1.807, 2.05) is 37.3 Å². The molecule has 0 bridgehead atoms. The van der Waals surface area contributed by atoms with Crippen LogP contribution in [0.15, 0.2) is 59.7 Å². The Balaban J connectivity index is 1.93. The maximum atomic E-state index is 13.4. The smallest absolute Gasteiger partial charge is 0.267 e. The summed E-state index contributed by atoms with van der Waals surface area (Å²) >= 11 is 6.32. The fourth-order valence-corrected chi connectivity index (χ4v) is 3.49. The lowest BCUT2D eigenvalue weighted by Crippen LogP contribution is -2.27. The number of nitrogen functional groups attached to an aromatic ring is 1. The zero-order valence-corrected chi connectivity index (χ0v) is 16.8. The number of halogens is 1. The average molecular weight is 417 g/mol. The maximum absolute atomic E-state index is 13.4. The Bertz CT molecular complexity index is 1340. The van der Waals surface area contributed by atoms with Crippen molar-refractivity contribution in [2.24, 2.45) is 0 Å². The van der Waals surface area contributed by atoms with Crippen LogP contribution in [0, 0.1) is 12.3 Å². The molecular formula is C22H17ClN6O. The van der Waals surface area contributed by atoms with Crippen LogP contribution in [0.1, 0.15) is 24.4 Å². The highest BCUT2D eigenvalue weighted by Crippen LogP contribution is 2.25. The molecule has 2 heterocycles. The molecule has 0 spiro atoms. The number of nitrogens with zero attached hydrogens (tertiary/aromatic N) is 4. The van der Waals surface area contributed by atoms with Gasteiger partial charge in [0.05, 0.1) is 27.7 Å². The second-order valence-corrected chi connectivity index (χ2v) is 6.98. The first-order valence-electron chi connectivity index (χ1n) is 9.11. The summed E-state index contributed by atoms with van der Waals surface area (Å²) in [6.45, 7) is 1.86. The van der Waals surface area contributed by atoms with Crippen molar-refractivity contribution in [3.8, 4) is 18.0 Å². The Morgan fingerprint density at radius 3 is 2.67 bits per heavy atom. The van der Waals surface area contributed by atoms with E-state index < -0.39 is 6.04 Å². The summed E-state index contributed by atoms with van der Waals surface area (Å²) in [6.07, 6.45) is 6.89. The molecule has 2 aromatic heterocycles. The minimum Gasteiger partial charge on any atom is -0.382 e. The first-order valence-corrected chi connectivity index (χ1v) is 9.49. The van der Waals surface area contributed by atoms with Crippen molar-refractivity contribution >= 4 is 34.1 Å². The molecule has 148 valence electrons. The van der Waals surface area contributed by atoms with Gasteiger partial charge in [0.25, 0.3) is 5.56 Å². The highest BCUT2D eigenvalue weighted by molar-refractivity contribution is 6.35. The molecule has 1 atom stereocenters. The average Bonchev–Trinajstić information content (AvgIpc) is 2.74. The van der Waals surface area contributed by atoms with Crippen molar-refractivity contribution < 1.29 is 0 Å². The zero-order chi connectivity index (χ0) is 21.3. The minimum atomic E-state index is -0.442. The molecule has 3 N–H and O–H groups in total. The van der Waals surface area contributed by atoms with Gasteiger partial charge in [-0.2, -0.15) is 0 Å². The molecular weight excluding hydrogens is 400 g/mol. The van der Waals surface area contributed by atoms with E-state index in [-0.39, 0.29) is 11.4 Å². The van der Waals surface area contributed by atoms with Gasteiger partial charge in [-0.25, -0.2) is 15.0 Å². The number of hydrogen-bond donors (Lipinski definition) is 2. The molecule has 0 saturated heterocycles. The van der Waals surface area contributed by atoms with Crippen LogP contribution in [0.4, 0.5) is 11.6 Å². The lowest BCUT2D eigenvalue weighted by atomic mass is 10.2. The molecule has 0 amide bonds. The third-order valence-electron chi connectivity index (χ3n) is 4.65. The van der Waals surface area contributed by atoms with Gasteiger partial charge in [0.2, 0.25) is 0 Å². The Morgan fingerprint density at radius 1 is 1.17 bits per heavy atom. The van der Waals surface area contributed by atoms with Crippen LogP contribution in [0.2, 0.25) is 5.02 Å². The zero-order valence-electron chi connectivity index (χ0n) is 16.0. The predicted octanol–water partition coefficient (Wildman–Crippen LogP) is 3.57. The fourth-order valence-electron chi connectivity index (χ4n) is 3.24. The van der Waals surface area contributed by atoms with Crippen LogP contribution in [0.3, 0.4) is 0 Å². The highest BCUT2D eigenvalue weighted by Gasteiger charge is 2.20. The number of terminal acetylenes is 1. The normalized spacial score (nSPS) is 11.8. The van der Waals surface area contributed by atoms with E-state index in [0.29, 0.717) is 38.8 Å². The number of nitrogens with one attached hydrogen (secondary N) is 1. The van der Waals surface area contributed by atoms with Gasteiger partial charge >= 0.3 is 0 Å². The number of benzene rings is 2. The third-order valence-corrected chi connectivity index (χ3v) is 4.96. The molecule has 0 aliphatic rings. The standard InChI is InChI=1S/C22H17ClN6O/c1-3-15-19(24)25-12-26-20(15)27-13(2)21-28-17-11-7-10-16(23)18(17)22(30)29(21)14-8-5-4-6-9-14/h1,4-13H,2H3,(H3,24,25,26,27)/t13-/m0/s1. The summed E-state index contributed by atoms with van der Waals surface area (Å²) in [7, 11) is 0. The molecule has 30 heavy (non-hydrogen) atoms. The molecule has 2 aromatic carbocycles. The Morgan fingerprint density at radius 2 is 1.93 bits per heavy atom. The van der Waals surface area contributed by atoms with Crippen molar-refractivity contribution in [3.63, 3.8) is 0 Å². The first-order chi connectivity index (χ1) is 14.5. The van der Waals surface area contributed by atoms with E-state index in [0.717, 1.165) is 0 Å². The van der Waals surface area contributed by atoms with Crippen LogP contribution < -0.4 is 16.6 Å². The van der Waals surface area contributed by atoms with Crippen LogP contribution in [-0.4, -0.2) is 19.5 Å². The number of anilines is 2. The summed E-state index contributed by atoms with van der Waals surface area (Å²) in [5, 5.41) is 3.91. The summed E-state index contributed by atoms with van der Waals surface area (Å²) in [5.74, 6) is 3.55. The van der Waals surface area contributed by atoms with Gasteiger partial charge in [0.15, 0.2) is 0 Å². The summed E-state index contributed by atoms with van der Waals surface area (Å²) in [5.41, 5.74) is 7.12. The van der Waals surface area contributed by atoms with E-state index >= 15 is 0 Å². The Hall–Kier alpha value is -3.89. The number of hydrogen-bond acceptors (Lipinski definition) is 6. The Labute approximate surface area is 177 Å². The molecule has 0 fully saturated rings. The second kappa shape index (κ2) is 7.85. The fraction of sp³-hybridized carbons (Fsp3) is 0.0909. The van der Waals surface area contributed by atoms with Gasteiger partial charge in [0, 0.05) is 0 Å². The maximum Gasteiger partial charge on any atom is 0.267 e. The van der Waals surface area contributed by atoms with E-state index in [9.17, 15) is 4.79 Å². The molecule has 0 aliphatic heterocycles. The molecule has 7 nitrogen and oxygen atoms in total. The number of para-hydroxylation sites is 1. The summed E-state index contributed by atoms with van der Waals surface area (Å²) < 4.78 is 1.53. The number of fused-ring (bicyclic) bond motifs is 1. The molecule has 0 unspecified atom stereocenters. The predicted molar refractivity (Wildman–Crippen MR) is 119 cm³/mol. The molecule has 4 aromatic rings. The third kappa shape index (κ3) is 3.34. The number of aromatic nitrogens is 4. The second-order valence-electron chi connectivity index (χ2n) is 6.57. The molecule has 4 rings (SSSR count). The minimum absolute atomic E-state index is 0.195. The Kier molecular flexibility index (Phi) is 5.09. The van der Waals surface area contributed by atoms with E-state index in [1.165, 1.54) is 10.9 Å². The highest BCUT2D eigenvalue weighted by atomic mass is 35.5. The summed E-state index contributed by atoms with van der Waals surface area (Å²) in [4.78, 5) is 26.3. The van der Waals surface area contributed by atoms with E-state index in [1.54, 1.807) is 18.2 Å². The first kappa shape index (κ1) is 19.4. The van der Waals surface area contributed by atoms with Crippen LogP contribution in [0.25, 0.3) is 16.6 Å². The van der Waals surface area contributed by atoms with Crippen molar-refractivity contribution in [1.29, 1.82) is 0 Å². The van der Waals surface area contributed by atoms with Crippen LogP contribution >= 0.6 is 11.6 Å². The van der Waals surface area contributed by atoms with Crippen molar-refractivity contribution in [3.05, 3.63) is 81.6 Å². The molecule has 8 heteroatoms. The quantitative estimate of drug-likeness (QED) is 0.493. The van der Waals surface area contributed by atoms with E-state index in [4.69, 9.17) is 28.7 Å². The lowest BCUT2D eigenvalue weighted by molar-refractivity contribution is 0.730. The largest absolute Gasteiger partial charge is 0.382 e. The van der Waals surface area contributed by atoms with Crippen LogP contribution in [-0.2, 0) is 0 Å². The van der Waals surface area contributed by atoms with Gasteiger partial charge in [-0.05, 0) is 31.2 Å². The lowest BCUT2D eigenvalue weighted by Gasteiger charge is -2.21. The number of rotatable bonds is 4. The van der Waals surface area contributed by atoms with Gasteiger partial charge in [-0.15, -0.1) is 6.42 Å². The van der Waals surface area contributed by atoms with Gasteiger partial charge < -0.3 is 11.1 Å². The summed E-state index contributed by atoms with van der Waals surface area (Å²) in [6, 6.07) is 14.0. The molecule has 0 aliphatic carbocycles. The topological polar surface area (TPSA) is 98.7 Å². The van der Waals surface area contributed by atoms with Crippen LogP contribution in [0.5, 0.6) is 0 Å². The van der Waals surface area contributed by atoms with Gasteiger partial charge in [-0.1, -0.05) is 41.8 Å². The van der Waals surface area contributed by atoms with E-state index in [2.05, 4.69) is 21.2 Å². The van der Waals surface area contributed by atoms with Gasteiger partial charge in [-0.3, -0.25) is 9.36 Å². The molecule has 0 radical (unpaired) electrons. The van der Waals surface area contributed by atoms with Crippen molar-refractivity contribution in [1.82, 2.24) is 19.5 Å². The SMILES string of the molecule is C#Cc1c(N)ncnc1N[C@@H](C)c1nc2cccc(Cl)c2c(=O)n1-c1ccccc1. The van der Waals surface area contributed by atoms with Gasteiger partial charge in [0.1, 0.15) is 29.4 Å². The van der Waals surface area contributed by atoms with Crippen molar-refractivity contribution in [2.45, 2.75) is 13.0 Å². The molecule has 0 saturated carbocycles. The van der Waals surface area contributed by atoms with Crippen molar-refractivity contribution in [2.75, 3.05) is 11.1 Å².